The van der Waals surface area contributed by atoms with Crippen molar-refractivity contribution in [1.82, 2.24) is 9.97 Å². The predicted molar refractivity (Wildman–Crippen MR) is 94.7 cm³/mol. The summed E-state index contributed by atoms with van der Waals surface area (Å²) in [5, 5.41) is 0. The first-order valence-corrected chi connectivity index (χ1v) is 8.32. The van der Waals surface area contributed by atoms with E-state index in [4.69, 9.17) is 10.5 Å². The SMILES string of the molecule is Cc1nccc(-c2ccc(OCC(C)(N)CC(C)C)c(C(F)F)c2)n1. The molecular weight excluding hydrogens is 324 g/mol. The number of nitrogens with two attached hydrogens (primary N) is 1. The Morgan fingerprint density at radius 1 is 1.24 bits per heavy atom. The average molecular weight is 349 g/mol. The minimum Gasteiger partial charge on any atom is -0.491 e. The highest BCUT2D eigenvalue weighted by Gasteiger charge is 2.23. The molecule has 0 saturated carbocycles. The van der Waals surface area contributed by atoms with Gasteiger partial charge in [0, 0.05) is 17.3 Å². The van der Waals surface area contributed by atoms with Crippen LogP contribution in [-0.4, -0.2) is 22.1 Å². The van der Waals surface area contributed by atoms with Crippen LogP contribution >= 0.6 is 0 Å². The predicted octanol–water partition coefficient (Wildman–Crippen LogP) is 4.53. The van der Waals surface area contributed by atoms with E-state index in [-0.39, 0.29) is 17.9 Å². The van der Waals surface area contributed by atoms with Crippen molar-refractivity contribution in [2.75, 3.05) is 6.61 Å². The molecule has 4 nitrogen and oxygen atoms in total. The highest BCUT2D eigenvalue weighted by Crippen LogP contribution is 2.33. The number of nitrogens with zero attached hydrogens (tertiary/aromatic N) is 2. The largest absolute Gasteiger partial charge is 0.491 e. The smallest absolute Gasteiger partial charge is 0.267 e. The number of hydrogen-bond donors (Lipinski definition) is 1. The molecule has 1 aromatic heterocycles. The van der Waals surface area contributed by atoms with E-state index in [9.17, 15) is 8.78 Å². The van der Waals surface area contributed by atoms with Gasteiger partial charge in [-0.25, -0.2) is 18.7 Å². The molecule has 0 fully saturated rings. The Hall–Kier alpha value is -2.08. The number of rotatable bonds is 7. The summed E-state index contributed by atoms with van der Waals surface area (Å²) in [5.41, 5.74) is 6.67. The van der Waals surface area contributed by atoms with Crippen molar-refractivity contribution in [3.63, 3.8) is 0 Å². The zero-order valence-electron chi connectivity index (χ0n) is 15.1. The van der Waals surface area contributed by atoms with Crippen LogP contribution in [0.15, 0.2) is 30.5 Å². The Bertz CT molecular complexity index is 718. The number of hydrogen-bond acceptors (Lipinski definition) is 4. The standard InChI is InChI=1S/C19H25F2N3O/c1-12(2)10-19(4,22)11-25-17-6-5-14(9-15(17)18(20)21)16-7-8-23-13(3)24-16/h5-9,12,18H,10-11,22H2,1-4H3. The normalized spacial score (nSPS) is 14.0. The minimum atomic E-state index is -2.65. The second kappa shape index (κ2) is 7.87. The second-order valence-electron chi connectivity index (χ2n) is 7.08. The maximum atomic E-state index is 13.5. The van der Waals surface area contributed by atoms with Gasteiger partial charge in [0.1, 0.15) is 18.2 Å². The maximum Gasteiger partial charge on any atom is 0.267 e. The van der Waals surface area contributed by atoms with Crippen LogP contribution in [0.25, 0.3) is 11.3 Å². The molecule has 0 spiro atoms. The van der Waals surface area contributed by atoms with Gasteiger partial charge in [0.25, 0.3) is 6.43 Å². The summed E-state index contributed by atoms with van der Waals surface area (Å²) in [6.45, 7) is 7.93. The molecule has 0 aliphatic carbocycles. The number of aryl methyl sites for hydroxylation is 1. The van der Waals surface area contributed by atoms with E-state index >= 15 is 0 Å². The van der Waals surface area contributed by atoms with Crippen molar-refractivity contribution in [2.24, 2.45) is 11.7 Å². The van der Waals surface area contributed by atoms with E-state index in [2.05, 4.69) is 23.8 Å². The van der Waals surface area contributed by atoms with Crippen molar-refractivity contribution in [3.05, 3.63) is 41.9 Å². The fourth-order valence-electron chi connectivity index (χ4n) is 2.86. The van der Waals surface area contributed by atoms with Crippen molar-refractivity contribution in [3.8, 4) is 17.0 Å². The molecule has 25 heavy (non-hydrogen) atoms. The zero-order valence-corrected chi connectivity index (χ0v) is 15.1. The summed E-state index contributed by atoms with van der Waals surface area (Å²) in [4.78, 5) is 8.30. The lowest BCUT2D eigenvalue weighted by Gasteiger charge is -2.27. The molecule has 6 heteroatoms. The van der Waals surface area contributed by atoms with Crippen molar-refractivity contribution < 1.29 is 13.5 Å². The molecule has 0 saturated heterocycles. The lowest BCUT2D eigenvalue weighted by Crippen LogP contribution is -2.43. The summed E-state index contributed by atoms with van der Waals surface area (Å²) in [6, 6.07) is 6.38. The van der Waals surface area contributed by atoms with Crippen molar-refractivity contribution >= 4 is 0 Å². The molecule has 0 radical (unpaired) electrons. The molecule has 0 aliphatic rings. The molecule has 1 unspecified atom stereocenters. The van der Waals surface area contributed by atoms with E-state index in [1.165, 1.54) is 6.07 Å². The van der Waals surface area contributed by atoms with Crippen LogP contribution in [0.4, 0.5) is 8.78 Å². The van der Waals surface area contributed by atoms with Gasteiger partial charge in [-0.05, 0) is 50.5 Å². The summed E-state index contributed by atoms with van der Waals surface area (Å²) in [6.07, 6.45) is -0.294. The monoisotopic (exact) mass is 349 g/mol. The van der Waals surface area contributed by atoms with E-state index in [1.807, 2.05) is 6.92 Å². The molecule has 0 aliphatic heterocycles. The molecule has 1 atom stereocenters. The first kappa shape index (κ1) is 19.2. The third-order valence-electron chi connectivity index (χ3n) is 3.75. The summed E-state index contributed by atoms with van der Waals surface area (Å²) < 4.78 is 32.6. The maximum absolute atomic E-state index is 13.5. The molecule has 0 bridgehead atoms. The first-order valence-electron chi connectivity index (χ1n) is 8.32. The lowest BCUT2D eigenvalue weighted by atomic mass is 9.93. The molecule has 1 heterocycles. The Balaban J connectivity index is 2.25. The van der Waals surface area contributed by atoms with Gasteiger partial charge < -0.3 is 10.5 Å². The average Bonchev–Trinajstić information content (AvgIpc) is 2.51. The first-order chi connectivity index (χ1) is 11.7. The number of halogens is 2. The Morgan fingerprint density at radius 2 is 1.96 bits per heavy atom. The lowest BCUT2D eigenvalue weighted by molar-refractivity contribution is 0.140. The van der Waals surface area contributed by atoms with E-state index in [0.29, 0.717) is 23.0 Å². The summed E-state index contributed by atoms with van der Waals surface area (Å²) in [7, 11) is 0. The molecule has 2 rings (SSSR count). The van der Waals surface area contributed by atoms with Gasteiger partial charge in [-0.15, -0.1) is 0 Å². The fraction of sp³-hybridized carbons (Fsp3) is 0.474. The zero-order chi connectivity index (χ0) is 18.6. The highest BCUT2D eigenvalue weighted by molar-refractivity contribution is 5.62. The number of aromatic nitrogens is 2. The van der Waals surface area contributed by atoms with E-state index in [0.717, 1.165) is 6.42 Å². The van der Waals surface area contributed by atoms with Crippen LogP contribution in [0, 0.1) is 12.8 Å². The molecular formula is C19H25F2N3O. The van der Waals surface area contributed by atoms with E-state index < -0.39 is 12.0 Å². The summed E-state index contributed by atoms with van der Waals surface area (Å²) >= 11 is 0. The highest BCUT2D eigenvalue weighted by atomic mass is 19.3. The van der Waals surface area contributed by atoms with Crippen molar-refractivity contribution in [1.29, 1.82) is 0 Å². The topological polar surface area (TPSA) is 61.0 Å². The van der Waals surface area contributed by atoms with Gasteiger partial charge in [-0.1, -0.05) is 13.8 Å². The fourth-order valence-corrected chi connectivity index (χ4v) is 2.86. The van der Waals surface area contributed by atoms with Gasteiger partial charge in [0.15, 0.2) is 0 Å². The van der Waals surface area contributed by atoms with Crippen LogP contribution in [0.2, 0.25) is 0 Å². The van der Waals surface area contributed by atoms with E-state index in [1.54, 1.807) is 31.3 Å². The number of ether oxygens (including phenoxy) is 1. The Morgan fingerprint density at radius 3 is 2.56 bits per heavy atom. The Labute approximate surface area is 147 Å². The van der Waals surface area contributed by atoms with Crippen LogP contribution in [0.1, 0.15) is 45.0 Å². The molecule has 2 N–H and O–H groups in total. The Kier molecular flexibility index (Phi) is 6.06. The van der Waals surface area contributed by atoms with Crippen LogP contribution in [0.5, 0.6) is 5.75 Å². The number of alkyl halides is 2. The molecule has 0 amide bonds. The summed E-state index contributed by atoms with van der Waals surface area (Å²) in [5.74, 6) is 1.14. The van der Waals surface area contributed by atoms with Gasteiger partial charge in [-0.2, -0.15) is 0 Å². The van der Waals surface area contributed by atoms with Crippen LogP contribution in [0.3, 0.4) is 0 Å². The number of benzene rings is 1. The third kappa shape index (κ3) is 5.46. The van der Waals surface area contributed by atoms with Gasteiger partial charge in [-0.3, -0.25) is 0 Å². The molecule has 1 aromatic carbocycles. The molecule has 2 aromatic rings. The second-order valence-corrected chi connectivity index (χ2v) is 7.08. The van der Waals surface area contributed by atoms with Gasteiger partial charge in [0.05, 0.1) is 11.3 Å². The third-order valence-corrected chi connectivity index (χ3v) is 3.75. The van der Waals surface area contributed by atoms with Gasteiger partial charge in [0.2, 0.25) is 0 Å². The minimum absolute atomic E-state index is 0.157. The van der Waals surface area contributed by atoms with Gasteiger partial charge >= 0.3 is 0 Å². The van der Waals surface area contributed by atoms with Crippen LogP contribution in [-0.2, 0) is 0 Å². The van der Waals surface area contributed by atoms with Crippen molar-refractivity contribution in [2.45, 2.75) is 46.1 Å². The van der Waals surface area contributed by atoms with Crippen LogP contribution < -0.4 is 10.5 Å². The molecule has 136 valence electrons. The quantitative estimate of drug-likeness (QED) is 0.798.